The van der Waals surface area contributed by atoms with Crippen molar-refractivity contribution in [2.75, 3.05) is 6.54 Å². The molecule has 96 valence electrons. The van der Waals surface area contributed by atoms with Gasteiger partial charge in [0.2, 0.25) is 0 Å². The third-order valence-electron chi connectivity index (χ3n) is 2.75. The number of nitrogens with zero attached hydrogens (tertiary/aromatic N) is 3. The summed E-state index contributed by atoms with van der Waals surface area (Å²) in [7, 11) is 0. The fourth-order valence-electron chi connectivity index (χ4n) is 1.94. The van der Waals surface area contributed by atoms with Crippen LogP contribution in [0.15, 0.2) is 24.3 Å². The van der Waals surface area contributed by atoms with E-state index in [0.29, 0.717) is 0 Å². The zero-order valence-electron chi connectivity index (χ0n) is 11.3. The van der Waals surface area contributed by atoms with Crippen LogP contribution in [-0.2, 0) is 6.54 Å². The Kier molecular flexibility index (Phi) is 4.10. The number of nitrogens with one attached hydrogen (secondary N) is 1. The highest BCUT2D eigenvalue weighted by Gasteiger charge is 2.05. The van der Waals surface area contributed by atoms with E-state index < -0.39 is 0 Å². The van der Waals surface area contributed by atoms with E-state index in [0.717, 1.165) is 42.4 Å². The summed E-state index contributed by atoms with van der Waals surface area (Å²) in [6, 6.07) is 8.12. The second-order valence-electron chi connectivity index (χ2n) is 4.50. The smallest absolute Gasteiger partial charge is 0.153 e. The van der Waals surface area contributed by atoms with Crippen LogP contribution in [0, 0.1) is 13.8 Å². The largest absolute Gasteiger partial charge is 0.311 e. The van der Waals surface area contributed by atoms with Crippen LogP contribution in [0.5, 0.6) is 0 Å². The van der Waals surface area contributed by atoms with Gasteiger partial charge in [-0.05, 0) is 45.0 Å². The highest BCUT2D eigenvalue weighted by Crippen LogP contribution is 2.10. The summed E-state index contributed by atoms with van der Waals surface area (Å²) in [6.45, 7) is 8.03. The first-order chi connectivity index (χ1) is 8.70. The van der Waals surface area contributed by atoms with Crippen LogP contribution in [0.3, 0.4) is 0 Å². The first-order valence-corrected chi connectivity index (χ1v) is 6.41. The van der Waals surface area contributed by atoms with E-state index in [9.17, 15) is 0 Å². The minimum absolute atomic E-state index is 0.807. The topological polar surface area (TPSA) is 42.7 Å². The van der Waals surface area contributed by atoms with Crippen LogP contribution in [0.25, 0.3) is 5.82 Å². The van der Waals surface area contributed by atoms with E-state index in [1.54, 1.807) is 0 Å². The van der Waals surface area contributed by atoms with Crippen LogP contribution in [-0.4, -0.2) is 21.3 Å². The second-order valence-corrected chi connectivity index (χ2v) is 4.50. The molecule has 0 fully saturated rings. The molecule has 0 spiro atoms. The van der Waals surface area contributed by atoms with Crippen molar-refractivity contribution in [3.05, 3.63) is 41.3 Å². The Labute approximate surface area is 108 Å². The number of pyridine rings is 1. The number of hydrogen-bond donors (Lipinski definition) is 1. The van der Waals surface area contributed by atoms with Crippen molar-refractivity contribution < 1.29 is 0 Å². The molecule has 0 amide bonds. The predicted octanol–water partition coefficient (Wildman–Crippen LogP) is 2.38. The lowest BCUT2D eigenvalue weighted by molar-refractivity contribution is 0.660. The molecule has 0 radical (unpaired) electrons. The van der Waals surface area contributed by atoms with Gasteiger partial charge in [0.05, 0.1) is 11.4 Å². The molecule has 0 bridgehead atoms. The normalized spacial score (nSPS) is 10.8. The molecule has 0 atom stereocenters. The lowest BCUT2D eigenvalue weighted by Crippen LogP contribution is -2.15. The van der Waals surface area contributed by atoms with Gasteiger partial charge >= 0.3 is 0 Å². The van der Waals surface area contributed by atoms with Crippen molar-refractivity contribution in [2.24, 2.45) is 0 Å². The summed E-state index contributed by atoms with van der Waals surface area (Å²) in [4.78, 5) is 4.63. The van der Waals surface area contributed by atoms with Crippen LogP contribution >= 0.6 is 0 Å². The molecule has 0 aliphatic heterocycles. The molecule has 0 aliphatic rings. The zero-order valence-corrected chi connectivity index (χ0v) is 11.3. The molecule has 0 saturated heterocycles. The van der Waals surface area contributed by atoms with Crippen LogP contribution in [0.1, 0.15) is 30.4 Å². The Balaban J connectivity index is 2.19. The van der Waals surface area contributed by atoms with E-state index in [1.807, 2.05) is 36.7 Å². The van der Waals surface area contributed by atoms with Gasteiger partial charge < -0.3 is 5.32 Å². The highest BCUT2D eigenvalue weighted by molar-refractivity contribution is 5.27. The molecule has 2 aromatic heterocycles. The standard InChI is InChI=1S/C14H20N4/c1-4-8-15-10-13-6-5-7-14(16-13)18-12(3)9-11(2)17-18/h5-7,9,15H,4,8,10H2,1-3H3. The number of aryl methyl sites for hydroxylation is 2. The van der Waals surface area contributed by atoms with Gasteiger partial charge in [-0.25, -0.2) is 9.67 Å². The minimum Gasteiger partial charge on any atom is -0.311 e. The van der Waals surface area contributed by atoms with Crippen molar-refractivity contribution >= 4 is 0 Å². The Bertz CT molecular complexity index is 516. The van der Waals surface area contributed by atoms with Crippen LogP contribution in [0.2, 0.25) is 0 Å². The average molecular weight is 244 g/mol. The zero-order chi connectivity index (χ0) is 13.0. The lowest BCUT2D eigenvalue weighted by atomic mass is 10.3. The average Bonchev–Trinajstić information content (AvgIpc) is 2.69. The molecule has 1 N–H and O–H groups in total. The van der Waals surface area contributed by atoms with E-state index in [2.05, 4.69) is 28.4 Å². The SMILES string of the molecule is CCCNCc1cccc(-n2nc(C)cc2C)n1. The second kappa shape index (κ2) is 5.78. The molecule has 2 aromatic rings. The van der Waals surface area contributed by atoms with Crippen molar-refractivity contribution in [1.82, 2.24) is 20.1 Å². The van der Waals surface area contributed by atoms with E-state index in [-0.39, 0.29) is 0 Å². The molecular weight excluding hydrogens is 224 g/mol. The van der Waals surface area contributed by atoms with E-state index >= 15 is 0 Å². The molecular formula is C14H20N4. The van der Waals surface area contributed by atoms with Gasteiger partial charge in [-0.3, -0.25) is 0 Å². The van der Waals surface area contributed by atoms with Crippen molar-refractivity contribution in [3.63, 3.8) is 0 Å². The maximum Gasteiger partial charge on any atom is 0.153 e. The Morgan fingerprint density at radius 2 is 2.11 bits per heavy atom. The first-order valence-electron chi connectivity index (χ1n) is 6.41. The van der Waals surface area contributed by atoms with Crippen molar-refractivity contribution in [2.45, 2.75) is 33.7 Å². The van der Waals surface area contributed by atoms with E-state index in [1.165, 1.54) is 0 Å². The quantitative estimate of drug-likeness (QED) is 0.821. The Hall–Kier alpha value is -1.68. The van der Waals surface area contributed by atoms with Gasteiger partial charge in [-0.15, -0.1) is 0 Å². The molecule has 4 heteroatoms. The Morgan fingerprint density at radius 3 is 2.78 bits per heavy atom. The summed E-state index contributed by atoms with van der Waals surface area (Å²) in [6.07, 6.45) is 1.14. The van der Waals surface area contributed by atoms with Crippen molar-refractivity contribution in [1.29, 1.82) is 0 Å². The number of hydrogen-bond acceptors (Lipinski definition) is 3. The summed E-state index contributed by atoms with van der Waals surface area (Å²) < 4.78 is 1.89. The minimum atomic E-state index is 0.807. The first kappa shape index (κ1) is 12.8. The molecule has 18 heavy (non-hydrogen) atoms. The fraction of sp³-hybridized carbons (Fsp3) is 0.429. The maximum atomic E-state index is 4.63. The molecule has 0 unspecified atom stereocenters. The number of rotatable bonds is 5. The molecule has 0 aromatic carbocycles. The lowest BCUT2D eigenvalue weighted by Gasteiger charge is -2.07. The summed E-state index contributed by atoms with van der Waals surface area (Å²) in [5.41, 5.74) is 3.18. The third kappa shape index (κ3) is 2.96. The summed E-state index contributed by atoms with van der Waals surface area (Å²) in [5.74, 6) is 0.886. The number of aromatic nitrogens is 3. The van der Waals surface area contributed by atoms with Gasteiger partial charge in [0.1, 0.15) is 0 Å². The van der Waals surface area contributed by atoms with Crippen molar-refractivity contribution in [3.8, 4) is 5.82 Å². The van der Waals surface area contributed by atoms with Crippen LogP contribution in [0.4, 0.5) is 0 Å². The Morgan fingerprint density at radius 1 is 1.28 bits per heavy atom. The predicted molar refractivity (Wildman–Crippen MR) is 72.8 cm³/mol. The molecule has 2 rings (SSSR count). The molecule has 4 nitrogen and oxygen atoms in total. The summed E-state index contributed by atoms with van der Waals surface area (Å²) in [5, 5.41) is 7.81. The molecule has 0 saturated carbocycles. The van der Waals surface area contributed by atoms with Gasteiger partial charge in [0.15, 0.2) is 5.82 Å². The highest BCUT2D eigenvalue weighted by atomic mass is 15.3. The third-order valence-corrected chi connectivity index (χ3v) is 2.75. The molecule has 0 aliphatic carbocycles. The van der Waals surface area contributed by atoms with Gasteiger partial charge in [-0.1, -0.05) is 13.0 Å². The maximum absolute atomic E-state index is 4.63. The molecule has 2 heterocycles. The van der Waals surface area contributed by atoms with Crippen LogP contribution < -0.4 is 5.32 Å². The van der Waals surface area contributed by atoms with E-state index in [4.69, 9.17) is 0 Å². The fourth-order valence-corrected chi connectivity index (χ4v) is 1.94. The van der Waals surface area contributed by atoms with Gasteiger partial charge in [-0.2, -0.15) is 5.10 Å². The van der Waals surface area contributed by atoms with Gasteiger partial charge in [0.25, 0.3) is 0 Å². The summed E-state index contributed by atoms with van der Waals surface area (Å²) >= 11 is 0. The monoisotopic (exact) mass is 244 g/mol. The van der Waals surface area contributed by atoms with Gasteiger partial charge in [0, 0.05) is 12.2 Å².